The first kappa shape index (κ1) is 18.1. The number of rotatable bonds is 5. The molecular formula is C19H25NO4S. The minimum Gasteiger partial charge on any atom is -0.465 e. The standard InChI is InChI=1S/C19H25NO4S/c1-3-24-18(21)19(11-4-12-19)20-13-9-16(10-14-20)15-5-7-17(8-6-15)25(2,22)23/h5-9H,3-4,10-14H2,1-2H3. The molecule has 0 amide bonds. The van der Waals surface area contributed by atoms with Crippen molar-refractivity contribution in [2.45, 2.75) is 43.0 Å². The number of hydrogen-bond acceptors (Lipinski definition) is 5. The van der Waals surface area contributed by atoms with Crippen molar-refractivity contribution >= 4 is 21.4 Å². The Balaban J connectivity index is 1.73. The average molecular weight is 363 g/mol. The summed E-state index contributed by atoms with van der Waals surface area (Å²) in [6.07, 6.45) is 7.03. The van der Waals surface area contributed by atoms with Crippen LogP contribution in [0.25, 0.3) is 5.57 Å². The molecule has 0 saturated heterocycles. The lowest BCUT2D eigenvalue weighted by molar-refractivity contribution is -0.164. The van der Waals surface area contributed by atoms with Crippen LogP contribution in [0.2, 0.25) is 0 Å². The molecule has 0 unspecified atom stereocenters. The van der Waals surface area contributed by atoms with Crippen LogP contribution in [0.3, 0.4) is 0 Å². The lowest BCUT2D eigenvalue weighted by atomic mass is 9.74. The van der Waals surface area contributed by atoms with Crippen molar-refractivity contribution in [3.8, 4) is 0 Å². The summed E-state index contributed by atoms with van der Waals surface area (Å²) in [5, 5.41) is 0. The molecule has 0 bridgehead atoms. The Hall–Kier alpha value is -1.66. The third-order valence-electron chi connectivity index (χ3n) is 5.30. The number of carbonyl (C=O) groups excluding carboxylic acids is 1. The number of nitrogens with zero attached hydrogens (tertiary/aromatic N) is 1. The molecule has 6 heteroatoms. The topological polar surface area (TPSA) is 63.7 Å². The van der Waals surface area contributed by atoms with Gasteiger partial charge in [-0.2, -0.15) is 0 Å². The van der Waals surface area contributed by atoms with E-state index in [0.717, 1.165) is 44.3 Å². The lowest BCUT2D eigenvalue weighted by Gasteiger charge is -2.48. The smallest absolute Gasteiger partial charge is 0.326 e. The molecule has 0 atom stereocenters. The minimum atomic E-state index is -3.17. The number of hydrogen-bond donors (Lipinski definition) is 0. The highest BCUT2D eigenvalue weighted by molar-refractivity contribution is 7.90. The van der Waals surface area contributed by atoms with Gasteiger partial charge < -0.3 is 4.74 Å². The van der Waals surface area contributed by atoms with E-state index >= 15 is 0 Å². The van der Waals surface area contributed by atoms with E-state index in [2.05, 4.69) is 11.0 Å². The van der Waals surface area contributed by atoms with Crippen molar-refractivity contribution in [2.24, 2.45) is 0 Å². The van der Waals surface area contributed by atoms with Crippen LogP contribution in [-0.4, -0.2) is 50.8 Å². The van der Waals surface area contributed by atoms with Crippen LogP contribution >= 0.6 is 0 Å². The second kappa shape index (κ2) is 6.92. The first-order valence-electron chi connectivity index (χ1n) is 8.78. The summed E-state index contributed by atoms with van der Waals surface area (Å²) in [7, 11) is -3.17. The maximum Gasteiger partial charge on any atom is 0.326 e. The zero-order valence-corrected chi connectivity index (χ0v) is 15.6. The van der Waals surface area contributed by atoms with E-state index in [9.17, 15) is 13.2 Å². The van der Waals surface area contributed by atoms with Crippen LogP contribution in [0, 0.1) is 0 Å². The molecule has 1 heterocycles. The molecule has 0 aromatic heterocycles. The Bertz CT molecular complexity index is 776. The van der Waals surface area contributed by atoms with Gasteiger partial charge in [0.25, 0.3) is 0 Å². The largest absolute Gasteiger partial charge is 0.465 e. The second-order valence-corrected chi connectivity index (χ2v) is 8.84. The van der Waals surface area contributed by atoms with Gasteiger partial charge in [0.2, 0.25) is 0 Å². The quantitative estimate of drug-likeness (QED) is 0.753. The average Bonchev–Trinajstić information content (AvgIpc) is 2.54. The SMILES string of the molecule is CCOC(=O)C1(N2CC=C(c3ccc(S(C)(=O)=O)cc3)CC2)CCC1. The van der Waals surface area contributed by atoms with Gasteiger partial charge in [0.05, 0.1) is 11.5 Å². The molecule has 1 aliphatic carbocycles. The fraction of sp³-hybridized carbons (Fsp3) is 0.526. The molecule has 1 aromatic rings. The van der Waals surface area contributed by atoms with Crippen molar-refractivity contribution in [3.05, 3.63) is 35.9 Å². The van der Waals surface area contributed by atoms with E-state index in [0.29, 0.717) is 11.5 Å². The highest BCUT2D eigenvalue weighted by Gasteiger charge is 2.50. The zero-order valence-electron chi connectivity index (χ0n) is 14.8. The summed E-state index contributed by atoms with van der Waals surface area (Å²) in [5.41, 5.74) is 1.82. The van der Waals surface area contributed by atoms with Crippen molar-refractivity contribution in [1.29, 1.82) is 0 Å². The van der Waals surface area contributed by atoms with Crippen molar-refractivity contribution in [3.63, 3.8) is 0 Å². The van der Waals surface area contributed by atoms with Crippen LogP contribution in [-0.2, 0) is 19.4 Å². The molecule has 0 spiro atoms. The summed E-state index contributed by atoms with van der Waals surface area (Å²) < 4.78 is 28.4. The highest BCUT2D eigenvalue weighted by Crippen LogP contribution is 2.41. The molecule has 0 N–H and O–H groups in total. The third kappa shape index (κ3) is 3.51. The van der Waals surface area contributed by atoms with E-state index < -0.39 is 15.4 Å². The lowest BCUT2D eigenvalue weighted by Crippen LogP contribution is -2.60. The summed E-state index contributed by atoms with van der Waals surface area (Å²) >= 11 is 0. The van der Waals surface area contributed by atoms with Crippen LogP contribution in [0.15, 0.2) is 35.2 Å². The van der Waals surface area contributed by atoms with Crippen molar-refractivity contribution < 1.29 is 17.9 Å². The van der Waals surface area contributed by atoms with E-state index in [-0.39, 0.29) is 5.97 Å². The van der Waals surface area contributed by atoms with Crippen LogP contribution in [0.4, 0.5) is 0 Å². The van der Waals surface area contributed by atoms with Crippen molar-refractivity contribution in [1.82, 2.24) is 4.90 Å². The van der Waals surface area contributed by atoms with Gasteiger partial charge in [0.15, 0.2) is 9.84 Å². The summed E-state index contributed by atoms with van der Waals surface area (Å²) in [5.74, 6) is -0.0874. The predicted molar refractivity (Wildman–Crippen MR) is 96.9 cm³/mol. The maximum absolute atomic E-state index is 12.4. The molecule has 0 radical (unpaired) electrons. The van der Waals surface area contributed by atoms with Gasteiger partial charge in [0.1, 0.15) is 5.54 Å². The minimum absolute atomic E-state index is 0.0874. The van der Waals surface area contributed by atoms with Crippen molar-refractivity contribution in [2.75, 3.05) is 26.0 Å². The monoisotopic (exact) mass is 363 g/mol. The Morgan fingerprint density at radius 2 is 1.92 bits per heavy atom. The molecule has 2 aliphatic rings. The Morgan fingerprint density at radius 1 is 1.24 bits per heavy atom. The van der Waals surface area contributed by atoms with Crippen LogP contribution < -0.4 is 0 Å². The zero-order chi connectivity index (χ0) is 18.1. The van der Waals surface area contributed by atoms with E-state index in [1.54, 1.807) is 12.1 Å². The number of sulfone groups is 1. The summed E-state index contributed by atoms with van der Waals surface area (Å²) in [6.45, 7) is 3.81. The molecule has 1 saturated carbocycles. The van der Waals surface area contributed by atoms with Gasteiger partial charge in [-0.05, 0) is 55.9 Å². The van der Waals surface area contributed by atoms with E-state index in [1.165, 1.54) is 11.8 Å². The van der Waals surface area contributed by atoms with Crippen LogP contribution in [0.5, 0.6) is 0 Å². The van der Waals surface area contributed by atoms with Gasteiger partial charge in [-0.25, -0.2) is 8.42 Å². The maximum atomic E-state index is 12.4. The van der Waals surface area contributed by atoms with E-state index in [1.807, 2.05) is 19.1 Å². The Morgan fingerprint density at radius 3 is 2.36 bits per heavy atom. The normalized spacial score (nSPS) is 20.5. The highest BCUT2D eigenvalue weighted by atomic mass is 32.2. The molecule has 5 nitrogen and oxygen atoms in total. The van der Waals surface area contributed by atoms with Gasteiger partial charge in [-0.1, -0.05) is 18.2 Å². The summed E-state index contributed by atoms with van der Waals surface area (Å²) in [6, 6.07) is 7.04. The molecule has 3 rings (SSSR count). The first-order valence-corrected chi connectivity index (χ1v) is 10.7. The second-order valence-electron chi connectivity index (χ2n) is 6.83. The Labute approximate surface area is 149 Å². The number of benzene rings is 1. The molecular weight excluding hydrogens is 338 g/mol. The number of esters is 1. The molecule has 1 aliphatic heterocycles. The molecule has 1 aromatic carbocycles. The van der Waals surface area contributed by atoms with Gasteiger partial charge in [-0.15, -0.1) is 0 Å². The number of carbonyl (C=O) groups is 1. The van der Waals surface area contributed by atoms with Gasteiger partial charge in [-0.3, -0.25) is 9.69 Å². The predicted octanol–water partition coefficient (Wildman–Crippen LogP) is 2.67. The molecule has 25 heavy (non-hydrogen) atoms. The Kier molecular flexibility index (Phi) is 5.02. The van der Waals surface area contributed by atoms with E-state index in [4.69, 9.17) is 4.74 Å². The molecule has 1 fully saturated rings. The van der Waals surface area contributed by atoms with Crippen LogP contribution in [0.1, 0.15) is 38.2 Å². The molecule has 136 valence electrons. The first-order chi connectivity index (χ1) is 11.9. The summed E-state index contributed by atoms with van der Waals surface area (Å²) in [4.78, 5) is 15.0. The fourth-order valence-electron chi connectivity index (χ4n) is 3.66. The van der Waals surface area contributed by atoms with Gasteiger partial charge in [0, 0.05) is 19.3 Å². The third-order valence-corrected chi connectivity index (χ3v) is 6.43. The fourth-order valence-corrected chi connectivity index (χ4v) is 4.29. The number of ether oxygens (including phenoxy) is 1. The van der Waals surface area contributed by atoms with Gasteiger partial charge >= 0.3 is 5.97 Å².